The number of carbonyl (C=O) groups is 2. The summed E-state index contributed by atoms with van der Waals surface area (Å²) in [6, 6.07) is 13.3. The molecule has 0 atom stereocenters. The maximum absolute atomic E-state index is 12.7. The lowest BCUT2D eigenvalue weighted by molar-refractivity contribution is -0.384. The second-order valence-electron chi connectivity index (χ2n) is 7.78. The Balaban J connectivity index is 1.71. The summed E-state index contributed by atoms with van der Waals surface area (Å²) in [6.07, 6.45) is 3.08. The van der Waals surface area contributed by atoms with E-state index >= 15 is 0 Å². The third-order valence-corrected chi connectivity index (χ3v) is 5.25. The molecule has 0 bridgehead atoms. The van der Waals surface area contributed by atoms with Gasteiger partial charge in [-0.2, -0.15) is 0 Å². The van der Waals surface area contributed by atoms with Crippen LogP contribution in [0.3, 0.4) is 0 Å². The average Bonchev–Trinajstić information content (AvgIpc) is 2.78. The monoisotopic (exact) mass is 425 g/mol. The normalized spacial score (nSPS) is 13.7. The highest BCUT2D eigenvalue weighted by Crippen LogP contribution is 2.31. The van der Waals surface area contributed by atoms with Crippen LogP contribution < -0.4 is 9.80 Å². The lowest BCUT2D eigenvalue weighted by atomic mass is 10.1. The summed E-state index contributed by atoms with van der Waals surface area (Å²) in [7, 11) is 0. The lowest BCUT2D eigenvalue weighted by Crippen LogP contribution is -2.39. The summed E-state index contributed by atoms with van der Waals surface area (Å²) in [5.41, 5.74) is 1.14. The molecule has 1 fully saturated rings. The summed E-state index contributed by atoms with van der Waals surface area (Å²) in [4.78, 5) is 39.8. The molecule has 3 rings (SSSR count). The van der Waals surface area contributed by atoms with Gasteiger partial charge in [0.05, 0.1) is 10.5 Å². The molecule has 0 unspecified atom stereocenters. The maximum Gasteiger partial charge on any atom is 0.338 e. The van der Waals surface area contributed by atoms with Gasteiger partial charge in [-0.15, -0.1) is 0 Å². The number of benzene rings is 2. The first-order chi connectivity index (χ1) is 14.9. The molecule has 0 radical (unpaired) electrons. The Morgan fingerprint density at radius 1 is 1.10 bits per heavy atom. The first-order valence-corrected chi connectivity index (χ1v) is 10.5. The van der Waals surface area contributed by atoms with Crippen LogP contribution in [0.15, 0.2) is 48.5 Å². The number of anilines is 2. The maximum atomic E-state index is 12.7. The fourth-order valence-electron chi connectivity index (χ4n) is 3.80. The van der Waals surface area contributed by atoms with Crippen LogP contribution in [-0.2, 0) is 9.53 Å². The van der Waals surface area contributed by atoms with Crippen LogP contribution in [0.2, 0.25) is 0 Å². The molecular weight excluding hydrogens is 398 g/mol. The zero-order valence-electron chi connectivity index (χ0n) is 17.8. The van der Waals surface area contributed by atoms with E-state index < -0.39 is 17.5 Å². The fraction of sp³-hybridized carbons (Fsp3) is 0.391. The van der Waals surface area contributed by atoms with E-state index in [0.29, 0.717) is 11.4 Å². The summed E-state index contributed by atoms with van der Waals surface area (Å²) >= 11 is 0. The van der Waals surface area contributed by atoms with Gasteiger partial charge in [0.15, 0.2) is 6.61 Å². The predicted molar refractivity (Wildman–Crippen MR) is 119 cm³/mol. The van der Waals surface area contributed by atoms with Gasteiger partial charge in [-0.25, -0.2) is 4.79 Å². The Kier molecular flexibility index (Phi) is 7.23. The largest absolute Gasteiger partial charge is 0.452 e. The Bertz CT molecular complexity index is 939. The summed E-state index contributed by atoms with van der Waals surface area (Å²) < 4.78 is 5.20. The second kappa shape index (κ2) is 10.1. The van der Waals surface area contributed by atoms with Crippen molar-refractivity contribution < 1.29 is 19.2 Å². The summed E-state index contributed by atoms with van der Waals surface area (Å²) in [6.45, 7) is 4.80. The van der Waals surface area contributed by atoms with E-state index in [9.17, 15) is 19.7 Å². The molecule has 1 saturated heterocycles. The number of nitrogens with zero attached hydrogens (tertiary/aromatic N) is 3. The van der Waals surface area contributed by atoms with Gasteiger partial charge < -0.3 is 14.5 Å². The standard InChI is InChI=1S/C23H27N3O5/c1-17(2)25(19-9-5-3-6-10-19)22(27)16-31-23(28)18-11-12-20(21(15-18)26(29)30)24-13-7-4-8-14-24/h3,5-6,9-12,15,17H,4,7-8,13-14,16H2,1-2H3. The number of carbonyl (C=O) groups excluding carboxylic acids is 2. The smallest absolute Gasteiger partial charge is 0.338 e. The number of esters is 1. The van der Waals surface area contributed by atoms with Crippen molar-refractivity contribution in [1.29, 1.82) is 0 Å². The molecule has 0 aliphatic carbocycles. The van der Waals surface area contributed by atoms with Gasteiger partial charge in [0.2, 0.25) is 0 Å². The number of nitro benzene ring substituents is 1. The molecule has 8 heteroatoms. The minimum atomic E-state index is -0.765. The third kappa shape index (κ3) is 5.39. The van der Waals surface area contributed by atoms with E-state index in [2.05, 4.69) is 0 Å². The number of nitro groups is 1. The van der Waals surface area contributed by atoms with Crippen LogP contribution in [0, 0.1) is 10.1 Å². The SMILES string of the molecule is CC(C)N(C(=O)COC(=O)c1ccc(N2CCCCC2)c([N+](=O)[O-])c1)c1ccccc1. The number of hydrogen-bond acceptors (Lipinski definition) is 6. The number of para-hydroxylation sites is 1. The van der Waals surface area contributed by atoms with Crippen LogP contribution >= 0.6 is 0 Å². The minimum Gasteiger partial charge on any atom is -0.452 e. The molecule has 2 aromatic carbocycles. The Labute approximate surface area is 181 Å². The Morgan fingerprint density at radius 2 is 1.77 bits per heavy atom. The highest BCUT2D eigenvalue weighted by molar-refractivity contribution is 5.98. The Hall–Kier alpha value is -3.42. The van der Waals surface area contributed by atoms with Crippen molar-refractivity contribution in [1.82, 2.24) is 0 Å². The van der Waals surface area contributed by atoms with Gasteiger partial charge in [0, 0.05) is 30.9 Å². The van der Waals surface area contributed by atoms with Gasteiger partial charge in [-0.3, -0.25) is 14.9 Å². The number of piperidine rings is 1. The van der Waals surface area contributed by atoms with E-state index in [1.807, 2.05) is 49.1 Å². The van der Waals surface area contributed by atoms with Gasteiger partial charge in [-0.1, -0.05) is 18.2 Å². The molecule has 1 amide bonds. The van der Waals surface area contributed by atoms with Gasteiger partial charge in [0.25, 0.3) is 11.6 Å². The van der Waals surface area contributed by atoms with Crippen LogP contribution in [0.1, 0.15) is 43.5 Å². The highest BCUT2D eigenvalue weighted by Gasteiger charge is 2.25. The van der Waals surface area contributed by atoms with Gasteiger partial charge in [0.1, 0.15) is 5.69 Å². The van der Waals surface area contributed by atoms with Crippen molar-refractivity contribution in [2.45, 2.75) is 39.2 Å². The van der Waals surface area contributed by atoms with E-state index in [1.165, 1.54) is 12.1 Å². The number of rotatable bonds is 7. The van der Waals surface area contributed by atoms with E-state index in [-0.39, 0.29) is 23.2 Å². The van der Waals surface area contributed by atoms with Crippen LogP contribution in [0.25, 0.3) is 0 Å². The molecule has 1 aliphatic heterocycles. The molecule has 31 heavy (non-hydrogen) atoms. The van der Waals surface area contributed by atoms with Crippen molar-refractivity contribution in [3.05, 3.63) is 64.2 Å². The predicted octanol–water partition coefficient (Wildman–Crippen LogP) is 4.18. The molecule has 1 heterocycles. The van der Waals surface area contributed by atoms with Crippen molar-refractivity contribution >= 4 is 28.9 Å². The van der Waals surface area contributed by atoms with E-state index in [4.69, 9.17) is 4.74 Å². The van der Waals surface area contributed by atoms with Crippen molar-refractivity contribution in [3.8, 4) is 0 Å². The summed E-state index contributed by atoms with van der Waals surface area (Å²) in [5.74, 6) is -1.13. The zero-order chi connectivity index (χ0) is 22.4. The highest BCUT2D eigenvalue weighted by atomic mass is 16.6. The Morgan fingerprint density at radius 3 is 2.39 bits per heavy atom. The molecule has 8 nitrogen and oxygen atoms in total. The molecular formula is C23H27N3O5. The fourth-order valence-corrected chi connectivity index (χ4v) is 3.80. The van der Waals surface area contributed by atoms with Crippen LogP contribution in [-0.4, -0.2) is 42.5 Å². The van der Waals surface area contributed by atoms with Crippen molar-refractivity contribution in [2.75, 3.05) is 29.5 Å². The van der Waals surface area contributed by atoms with Gasteiger partial charge >= 0.3 is 5.97 Å². The number of amides is 1. The van der Waals surface area contributed by atoms with E-state index in [0.717, 1.165) is 32.4 Å². The van der Waals surface area contributed by atoms with Gasteiger partial charge in [-0.05, 0) is 57.4 Å². The second-order valence-corrected chi connectivity index (χ2v) is 7.78. The minimum absolute atomic E-state index is 0.0519. The molecule has 164 valence electrons. The molecule has 0 saturated carbocycles. The third-order valence-electron chi connectivity index (χ3n) is 5.25. The first-order valence-electron chi connectivity index (χ1n) is 10.5. The molecule has 0 aromatic heterocycles. The topological polar surface area (TPSA) is 93.0 Å². The van der Waals surface area contributed by atoms with Crippen molar-refractivity contribution in [2.24, 2.45) is 0 Å². The molecule has 2 aromatic rings. The lowest BCUT2D eigenvalue weighted by Gasteiger charge is -2.28. The zero-order valence-corrected chi connectivity index (χ0v) is 17.8. The molecule has 0 N–H and O–H groups in total. The van der Waals surface area contributed by atoms with Crippen LogP contribution in [0.5, 0.6) is 0 Å². The number of ether oxygens (including phenoxy) is 1. The molecule has 1 aliphatic rings. The first kappa shape index (κ1) is 22.3. The quantitative estimate of drug-likeness (QED) is 0.375. The average molecular weight is 425 g/mol. The van der Waals surface area contributed by atoms with E-state index in [1.54, 1.807) is 11.0 Å². The van der Waals surface area contributed by atoms with Crippen molar-refractivity contribution in [3.63, 3.8) is 0 Å². The van der Waals surface area contributed by atoms with Crippen LogP contribution in [0.4, 0.5) is 17.1 Å². The molecule has 0 spiro atoms. The summed E-state index contributed by atoms with van der Waals surface area (Å²) in [5, 5.41) is 11.6. The number of hydrogen-bond donors (Lipinski definition) is 0.